The monoisotopic (exact) mass is 311 g/mol. The van der Waals surface area contributed by atoms with Crippen LogP contribution in [0.4, 0.5) is 5.69 Å². The van der Waals surface area contributed by atoms with Gasteiger partial charge in [0.05, 0.1) is 17.6 Å². The zero-order valence-corrected chi connectivity index (χ0v) is 13.3. The van der Waals surface area contributed by atoms with E-state index < -0.39 is 11.0 Å². The number of aromatic nitrogens is 2. The van der Waals surface area contributed by atoms with Crippen LogP contribution in [0.15, 0.2) is 12.4 Å². The molecule has 1 aromatic rings. The van der Waals surface area contributed by atoms with Crippen molar-refractivity contribution in [3.8, 4) is 0 Å². The topological polar surface area (TPSA) is 87.7 Å². The first-order valence-corrected chi connectivity index (χ1v) is 7.73. The predicted octanol–water partition coefficient (Wildman–Crippen LogP) is 0.426. The summed E-state index contributed by atoms with van der Waals surface area (Å²) in [7, 11) is 2.13. The summed E-state index contributed by atoms with van der Waals surface area (Å²) in [6.07, 6.45) is 3.15. The number of aliphatic hydroxyl groups is 1. The first-order chi connectivity index (χ1) is 10.5. The van der Waals surface area contributed by atoms with Crippen LogP contribution in [0.2, 0.25) is 0 Å². The third-order valence-electron chi connectivity index (χ3n) is 4.18. The highest BCUT2D eigenvalue weighted by molar-refractivity contribution is 5.20. The van der Waals surface area contributed by atoms with Gasteiger partial charge in [-0.2, -0.15) is 5.10 Å². The van der Waals surface area contributed by atoms with Crippen LogP contribution in [-0.4, -0.2) is 75.5 Å². The summed E-state index contributed by atoms with van der Waals surface area (Å²) in [6.45, 7) is 7.16. The molecule has 1 fully saturated rings. The summed E-state index contributed by atoms with van der Waals surface area (Å²) in [5.74, 6) is 0.656. The molecule has 2 atom stereocenters. The van der Waals surface area contributed by atoms with E-state index in [9.17, 15) is 15.2 Å². The van der Waals surface area contributed by atoms with E-state index in [2.05, 4.69) is 28.9 Å². The molecule has 0 amide bonds. The lowest BCUT2D eigenvalue weighted by molar-refractivity contribution is -0.385. The first kappa shape index (κ1) is 16.9. The minimum Gasteiger partial charge on any atom is -0.390 e. The van der Waals surface area contributed by atoms with Crippen molar-refractivity contribution in [3.05, 3.63) is 22.5 Å². The quantitative estimate of drug-likeness (QED) is 0.553. The Balaban J connectivity index is 1.75. The second-order valence-corrected chi connectivity index (χ2v) is 6.10. The highest BCUT2D eigenvalue weighted by atomic mass is 16.6. The number of nitrogens with zero attached hydrogens (tertiary/aromatic N) is 5. The third kappa shape index (κ3) is 4.75. The Morgan fingerprint density at radius 1 is 1.59 bits per heavy atom. The van der Waals surface area contributed by atoms with Gasteiger partial charge in [-0.1, -0.05) is 6.92 Å². The van der Waals surface area contributed by atoms with Crippen LogP contribution in [0.1, 0.15) is 13.3 Å². The summed E-state index contributed by atoms with van der Waals surface area (Å²) in [5, 5.41) is 24.7. The molecular weight excluding hydrogens is 286 g/mol. The minimum absolute atomic E-state index is 0.0453. The van der Waals surface area contributed by atoms with Gasteiger partial charge in [0.1, 0.15) is 12.4 Å². The van der Waals surface area contributed by atoms with E-state index in [1.807, 2.05) is 0 Å². The Hall–Kier alpha value is -1.51. The summed E-state index contributed by atoms with van der Waals surface area (Å²) in [4.78, 5) is 14.7. The zero-order valence-electron chi connectivity index (χ0n) is 13.3. The molecule has 8 nitrogen and oxygen atoms in total. The number of rotatable bonds is 8. The second-order valence-electron chi connectivity index (χ2n) is 6.10. The van der Waals surface area contributed by atoms with Crippen LogP contribution in [0.25, 0.3) is 0 Å². The lowest BCUT2D eigenvalue weighted by Crippen LogP contribution is -2.34. The summed E-state index contributed by atoms with van der Waals surface area (Å²) < 4.78 is 1.43. The average Bonchev–Trinajstić information content (AvgIpc) is 3.08. The van der Waals surface area contributed by atoms with E-state index >= 15 is 0 Å². The molecule has 0 spiro atoms. The number of nitro groups is 1. The largest absolute Gasteiger partial charge is 0.390 e. The highest BCUT2D eigenvalue weighted by Crippen LogP contribution is 2.17. The van der Waals surface area contributed by atoms with E-state index in [-0.39, 0.29) is 12.2 Å². The molecule has 0 aliphatic carbocycles. The summed E-state index contributed by atoms with van der Waals surface area (Å²) in [6, 6.07) is 0. The average molecular weight is 311 g/mol. The van der Waals surface area contributed by atoms with Crippen molar-refractivity contribution in [1.82, 2.24) is 19.6 Å². The van der Waals surface area contributed by atoms with Gasteiger partial charge < -0.3 is 14.9 Å². The maximum Gasteiger partial charge on any atom is 0.306 e. The molecule has 0 saturated carbocycles. The molecular formula is C14H25N5O3. The van der Waals surface area contributed by atoms with Gasteiger partial charge in [0, 0.05) is 19.6 Å². The number of hydrogen-bond acceptors (Lipinski definition) is 6. The SMILES string of the molecule is CCN(C)CC1CCN(CC(O)Cn2cc([N+](=O)[O-])cn2)C1. The third-order valence-corrected chi connectivity index (χ3v) is 4.18. The second kappa shape index (κ2) is 7.66. The molecule has 1 N–H and O–H groups in total. The van der Waals surface area contributed by atoms with Crippen LogP contribution in [0, 0.1) is 16.0 Å². The van der Waals surface area contributed by atoms with E-state index in [0.29, 0.717) is 12.5 Å². The predicted molar refractivity (Wildman–Crippen MR) is 82.6 cm³/mol. The number of hydrogen-bond donors (Lipinski definition) is 1. The molecule has 8 heteroatoms. The molecule has 1 aliphatic heterocycles. The Morgan fingerprint density at radius 3 is 3.00 bits per heavy atom. The van der Waals surface area contributed by atoms with Gasteiger partial charge >= 0.3 is 5.69 Å². The van der Waals surface area contributed by atoms with Gasteiger partial charge in [0.25, 0.3) is 0 Å². The summed E-state index contributed by atoms with van der Waals surface area (Å²) in [5.41, 5.74) is -0.0453. The first-order valence-electron chi connectivity index (χ1n) is 7.73. The van der Waals surface area contributed by atoms with Crippen molar-refractivity contribution in [3.63, 3.8) is 0 Å². The van der Waals surface area contributed by atoms with Crippen LogP contribution in [0.5, 0.6) is 0 Å². The van der Waals surface area contributed by atoms with Crippen molar-refractivity contribution >= 4 is 5.69 Å². The fourth-order valence-corrected chi connectivity index (χ4v) is 2.92. The Kier molecular flexibility index (Phi) is 5.87. The van der Waals surface area contributed by atoms with Crippen LogP contribution < -0.4 is 0 Å². The molecule has 0 radical (unpaired) electrons. The van der Waals surface area contributed by atoms with Gasteiger partial charge in [-0.05, 0) is 32.5 Å². The molecule has 2 rings (SSSR count). The molecule has 1 saturated heterocycles. The zero-order chi connectivity index (χ0) is 16.1. The van der Waals surface area contributed by atoms with Gasteiger partial charge in [-0.25, -0.2) is 0 Å². The molecule has 2 heterocycles. The van der Waals surface area contributed by atoms with Crippen molar-refractivity contribution < 1.29 is 10.0 Å². The molecule has 1 aromatic heterocycles. The smallest absolute Gasteiger partial charge is 0.306 e. The molecule has 2 unspecified atom stereocenters. The van der Waals surface area contributed by atoms with E-state index in [4.69, 9.17) is 0 Å². The number of β-amino-alcohol motifs (C(OH)–C–C–N with tert-alkyl or cyclic N) is 1. The lowest BCUT2D eigenvalue weighted by Gasteiger charge is -2.22. The van der Waals surface area contributed by atoms with Crippen molar-refractivity contribution in [2.45, 2.75) is 26.0 Å². The normalized spacial score (nSPS) is 20.6. The number of aliphatic hydroxyl groups excluding tert-OH is 1. The van der Waals surface area contributed by atoms with Crippen LogP contribution >= 0.6 is 0 Å². The lowest BCUT2D eigenvalue weighted by atomic mass is 10.1. The van der Waals surface area contributed by atoms with E-state index in [0.717, 1.165) is 32.6 Å². The number of likely N-dealkylation sites (tertiary alicyclic amines) is 1. The van der Waals surface area contributed by atoms with E-state index in [1.54, 1.807) is 0 Å². The maximum atomic E-state index is 10.6. The Morgan fingerprint density at radius 2 is 2.36 bits per heavy atom. The Bertz CT molecular complexity index is 493. The van der Waals surface area contributed by atoms with Crippen molar-refractivity contribution in [2.75, 3.05) is 39.8 Å². The minimum atomic E-state index is -0.567. The summed E-state index contributed by atoms with van der Waals surface area (Å²) >= 11 is 0. The van der Waals surface area contributed by atoms with Crippen LogP contribution in [0.3, 0.4) is 0 Å². The van der Waals surface area contributed by atoms with Gasteiger partial charge in [-0.15, -0.1) is 0 Å². The van der Waals surface area contributed by atoms with E-state index in [1.165, 1.54) is 17.1 Å². The Labute approximate surface area is 130 Å². The maximum absolute atomic E-state index is 10.6. The fourth-order valence-electron chi connectivity index (χ4n) is 2.92. The van der Waals surface area contributed by atoms with Gasteiger partial charge in [0.2, 0.25) is 0 Å². The van der Waals surface area contributed by atoms with Crippen molar-refractivity contribution in [2.24, 2.45) is 5.92 Å². The van der Waals surface area contributed by atoms with Gasteiger partial charge in [0.15, 0.2) is 0 Å². The molecule has 22 heavy (non-hydrogen) atoms. The standard InChI is InChI=1S/C14H25N5O3/c1-3-16(2)7-12-4-5-17(8-12)10-14(20)11-18-9-13(6-15-18)19(21)22/h6,9,12,14,20H,3-5,7-8,10-11H2,1-2H3. The molecule has 0 aromatic carbocycles. The van der Waals surface area contributed by atoms with Crippen LogP contribution in [-0.2, 0) is 6.54 Å². The van der Waals surface area contributed by atoms with Gasteiger partial charge in [-0.3, -0.25) is 14.8 Å². The fraction of sp³-hybridized carbons (Fsp3) is 0.786. The highest BCUT2D eigenvalue weighted by Gasteiger charge is 2.25. The van der Waals surface area contributed by atoms with Crippen molar-refractivity contribution in [1.29, 1.82) is 0 Å². The molecule has 1 aliphatic rings. The molecule has 0 bridgehead atoms. The molecule has 124 valence electrons.